The van der Waals surface area contributed by atoms with Gasteiger partial charge in [-0.25, -0.2) is 0 Å². The molecule has 0 unspecified atom stereocenters. The van der Waals surface area contributed by atoms with E-state index in [1.165, 1.54) is 32.7 Å². The highest BCUT2D eigenvalue weighted by atomic mass is 16.4. The lowest BCUT2D eigenvalue weighted by Crippen LogP contribution is -1.90. The normalized spacial score (nSPS) is 10.5. The maximum absolute atomic E-state index is 10.1. The number of phenolic OH excluding ortho intramolecular Hbond substituents is 1. The van der Waals surface area contributed by atoms with Gasteiger partial charge in [-0.05, 0) is 55.9 Å². The Morgan fingerprint density at radius 2 is 0.867 bits per heavy atom. The van der Waals surface area contributed by atoms with Crippen LogP contribution in [0.3, 0.4) is 0 Å². The standard InChI is InChI=1S/C26H18O.BH2O2/c27-20-12-8-11-19(17-20)26-23-15-6-4-13-21(23)25(18-9-2-1-3-10-18)22-14-5-7-16-24(22)26;2-1-3/h1-17,27H;2-3H. The molecular weight excluding hydrogens is 371 g/mol. The van der Waals surface area contributed by atoms with Crippen molar-refractivity contribution in [1.29, 1.82) is 0 Å². The van der Waals surface area contributed by atoms with Crippen molar-refractivity contribution in [2.24, 2.45) is 0 Å². The highest BCUT2D eigenvalue weighted by Crippen LogP contribution is 2.43. The molecule has 0 aliphatic carbocycles. The minimum Gasteiger partial charge on any atom is -0.508 e. The third-order valence-corrected chi connectivity index (χ3v) is 5.13. The summed E-state index contributed by atoms with van der Waals surface area (Å²) in [6.45, 7) is 0. The predicted octanol–water partition coefficient (Wildman–Crippen LogP) is 5.54. The molecule has 0 spiro atoms. The first-order chi connectivity index (χ1) is 14.7. The van der Waals surface area contributed by atoms with Gasteiger partial charge in [0.1, 0.15) is 5.75 Å². The molecule has 4 heteroatoms. The maximum atomic E-state index is 10.1. The Balaban J connectivity index is 0.000000687. The van der Waals surface area contributed by atoms with Crippen molar-refractivity contribution in [1.82, 2.24) is 0 Å². The fourth-order valence-corrected chi connectivity index (χ4v) is 4.02. The summed E-state index contributed by atoms with van der Waals surface area (Å²) in [7, 11) is 0. The summed E-state index contributed by atoms with van der Waals surface area (Å²) in [5.41, 5.74) is 4.66. The molecule has 0 heterocycles. The Morgan fingerprint density at radius 3 is 1.33 bits per heavy atom. The number of rotatable bonds is 2. The average Bonchev–Trinajstić information content (AvgIpc) is 2.78. The molecule has 0 saturated heterocycles. The second-order valence-electron chi connectivity index (χ2n) is 6.87. The summed E-state index contributed by atoms with van der Waals surface area (Å²) in [6.07, 6.45) is 0. The van der Waals surface area contributed by atoms with Crippen LogP contribution in [0, 0.1) is 0 Å². The Labute approximate surface area is 175 Å². The maximum Gasteiger partial charge on any atom is 0.482 e. The molecule has 1 radical (unpaired) electrons. The van der Waals surface area contributed by atoms with Crippen LogP contribution in [-0.4, -0.2) is 22.8 Å². The number of phenols is 1. The first kappa shape index (κ1) is 19.7. The van der Waals surface area contributed by atoms with Crippen LogP contribution in [0.2, 0.25) is 0 Å². The molecule has 0 aliphatic rings. The molecular formula is C26H20BO3. The average molecular weight is 391 g/mol. The zero-order chi connectivity index (χ0) is 20.9. The molecule has 0 saturated carbocycles. The van der Waals surface area contributed by atoms with Crippen molar-refractivity contribution < 1.29 is 15.2 Å². The van der Waals surface area contributed by atoms with E-state index in [-0.39, 0.29) is 13.4 Å². The third-order valence-electron chi connectivity index (χ3n) is 5.13. The predicted molar refractivity (Wildman–Crippen MR) is 124 cm³/mol. The molecule has 0 aliphatic heterocycles. The highest BCUT2D eigenvalue weighted by Gasteiger charge is 2.16. The van der Waals surface area contributed by atoms with Crippen molar-refractivity contribution in [3.05, 3.63) is 103 Å². The van der Waals surface area contributed by atoms with Gasteiger partial charge in [-0.1, -0.05) is 91.0 Å². The first-order valence-electron chi connectivity index (χ1n) is 9.63. The number of hydrogen-bond donors (Lipinski definition) is 3. The molecule has 145 valence electrons. The molecule has 3 nitrogen and oxygen atoms in total. The molecule has 0 amide bonds. The number of fused-ring (bicyclic) bond motifs is 2. The SMILES string of the molecule is O[B]O.Oc1cccc(-c2c3ccccc3c(-c3ccccc3)c3ccccc23)c1. The lowest BCUT2D eigenvalue weighted by atomic mass is 9.86. The van der Waals surface area contributed by atoms with Crippen molar-refractivity contribution >= 4 is 29.2 Å². The van der Waals surface area contributed by atoms with Crippen LogP contribution < -0.4 is 0 Å². The Kier molecular flexibility index (Phi) is 5.80. The molecule has 0 fully saturated rings. The molecule has 0 aromatic heterocycles. The Bertz CT molecular complexity index is 1240. The molecule has 5 aromatic rings. The van der Waals surface area contributed by atoms with Crippen molar-refractivity contribution in [3.63, 3.8) is 0 Å². The van der Waals surface area contributed by atoms with Crippen LogP contribution in [-0.2, 0) is 0 Å². The van der Waals surface area contributed by atoms with Crippen molar-refractivity contribution in [3.8, 4) is 28.0 Å². The Morgan fingerprint density at radius 1 is 0.467 bits per heavy atom. The van der Waals surface area contributed by atoms with Crippen LogP contribution in [0.1, 0.15) is 0 Å². The quantitative estimate of drug-likeness (QED) is 0.274. The molecule has 0 atom stereocenters. The van der Waals surface area contributed by atoms with E-state index in [9.17, 15) is 5.11 Å². The van der Waals surface area contributed by atoms with E-state index in [0.717, 1.165) is 11.1 Å². The van der Waals surface area contributed by atoms with Gasteiger partial charge in [0.25, 0.3) is 0 Å². The van der Waals surface area contributed by atoms with Crippen LogP contribution >= 0.6 is 0 Å². The molecule has 30 heavy (non-hydrogen) atoms. The molecule has 5 rings (SSSR count). The van der Waals surface area contributed by atoms with E-state index in [2.05, 4.69) is 84.9 Å². The summed E-state index contributed by atoms with van der Waals surface area (Å²) in [5.74, 6) is 0.285. The number of aromatic hydroxyl groups is 1. The van der Waals surface area contributed by atoms with Crippen molar-refractivity contribution in [2.75, 3.05) is 0 Å². The van der Waals surface area contributed by atoms with E-state index < -0.39 is 0 Å². The molecule has 5 aromatic carbocycles. The fraction of sp³-hybridized carbons (Fsp3) is 0. The summed E-state index contributed by atoms with van der Waals surface area (Å²) in [4.78, 5) is 0. The van der Waals surface area contributed by atoms with E-state index in [1.54, 1.807) is 6.07 Å². The van der Waals surface area contributed by atoms with Gasteiger partial charge in [-0.3, -0.25) is 0 Å². The molecule has 0 bridgehead atoms. The van der Waals surface area contributed by atoms with Crippen LogP contribution in [0.4, 0.5) is 0 Å². The van der Waals surface area contributed by atoms with Gasteiger partial charge in [0, 0.05) is 0 Å². The summed E-state index contributed by atoms with van der Waals surface area (Å²) in [5, 5.41) is 28.9. The van der Waals surface area contributed by atoms with E-state index >= 15 is 0 Å². The molecule has 3 N–H and O–H groups in total. The van der Waals surface area contributed by atoms with E-state index in [1.807, 2.05) is 12.1 Å². The topological polar surface area (TPSA) is 60.7 Å². The lowest BCUT2D eigenvalue weighted by Gasteiger charge is -2.17. The van der Waals surface area contributed by atoms with Gasteiger partial charge in [0.15, 0.2) is 0 Å². The largest absolute Gasteiger partial charge is 0.508 e. The summed E-state index contributed by atoms with van der Waals surface area (Å²) in [6, 6.07) is 35.2. The fourth-order valence-electron chi connectivity index (χ4n) is 4.02. The Hall–Kier alpha value is -3.60. The lowest BCUT2D eigenvalue weighted by molar-refractivity contribution is 0.448. The minimum absolute atomic E-state index is 0. The zero-order valence-electron chi connectivity index (χ0n) is 16.2. The van der Waals surface area contributed by atoms with Gasteiger partial charge < -0.3 is 15.2 Å². The van der Waals surface area contributed by atoms with Crippen LogP contribution in [0.15, 0.2) is 103 Å². The second kappa shape index (κ2) is 8.83. The minimum atomic E-state index is 0. The number of benzene rings is 5. The zero-order valence-corrected chi connectivity index (χ0v) is 16.2. The number of hydrogen-bond acceptors (Lipinski definition) is 3. The van der Waals surface area contributed by atoms with Gasteiger partial charge in [-0.15, -0.1) is 0 Å². The van der Waals surface area contributed by atoms with E-state index in [0.29, 0.717) is 0 Å². The van der Waals surface area contributed by atoms with Gasteiger partial charge >= 0.3 is 7.69 Å². The van der Waals surface area contributed by atoms with Crippen molar-refractivity contribution in [2.45, 2.75) is 0 Å². The third kappa shape index (κ3) is 3.66. The van der Waals surface area contributed by atoms with Crippen LogP contribution in [0.25, 0.3) is 43.8 Å². The van der Waals surface area contributed by atoms with Gasteiger partial charge in [0.2, 0.25) is 0 Å². The summed E-state index contributed by atoms with van der Waals surface area (Å²) >= 11 is 0. The summed E-state index contributed by atoms with van der Waals surface area (Å²) < 4.78 is 0. The van der Waals surface area contributed by atoms with Crippen LogP contribution in [0.5, 0.6) is 5.75 Å². The first-order valence-corrected chi connectivity index (χ1v) is 9.63. The van der Waals surface area contributed by atoms with Gasteiger partial charge in [0.05, 0.1) is 0 Å². The monoisotopic (exact) mass is 391 g/mol. The van der Waals surface area contributed by atoms with E-state index in [4.69, 9.17) is 10.0 Å². The van der Waals surface area contributed by atoms with Gasteiger partial charge in [-0.2, -0.15) is 0 Å². The second-order valence-corrected chi connectivity index (χ2v) is 6.87. The highest BCUT2D eigenvalue weighted by molar-refractivity contribution is 6.21. The smallest absolute Gasteiger partial charge is 0.482 e.